The molecule has 2 nitrogen and oxygen atoms in total. The van der Waals surface area contributed by atoms with Gasteiger partial charge in [0.2, 0.25) is 0 Å². The van der Waals surface area contributed by atoms with Crippen LogP contribution in [0.1, 0.15) is 59.3 Å². The maximum absolute atomic E-state index is 4.62. The molecule has 0 spiro atoms. The summed E-state index contributed by atoms with van der Waals surface area (Å²) in [5.74, 6) is 0.709. The maximum atomic E-state index is 4.62. The van der Waals surface area contributed by atoms with Crippen LogP contribution in [0.4, 0.5) is 0 Å². The van der Waals surface area contributed by atoms with E-state index in [9.17, 15) is 0 Å². The molecule has 1 fully saturated rings. The molecule has 1 aliphatic rings. The maximum Gasteiger partial charge on any atom is 0.0507 e. The number of hydrazone groups is 1. The van der Waals surface area contributed by atoms with Crippen LogP contribution in [0.25, 0.3) is 0 Å². The van der Waals surface area contributed by atoms with Gasteiger partial charge in [-0.2, -0.15) is 5.10 Å². The van der Waals surface area contributed by atoms with E-state index in [2.05, 4.69) is 37.9 Å². The van der Waals surface area contributed by atoms with Crippen molar-refractivity contribution in [2.24, 2.45) is 16.4 Å². The van der Waals surface area contributed by atoms with Crippen molar-refractivity contribution in [3.8, 4) is 0 Å². The number of hydrogen-bond donors (Lipinski definition) is 1. The zero-order chi connectivity index (χ0) is 12.7. The number of rotatable bonds is 5. The monoisotopic (exact) mass is 236 g/mol. The molecule has 1 N–H and O–H groups in total. The Kier molecular flexibility index (Phi) is 5.73. The van der Waals surface area contributed by atoms with E-state index < -0.39 is 0 Å². The van der Waals surface area contributed by atoms with Crippen molar-refractivity contribution in [2.45, 2.75) is 59.3 Å². The Morgan fingerprint density at radius 1 is 1.29 bits per heavy atom. The minimum absolute atomic E-state index is 0.326. The van der Waals surface area contributed by atoms with Crippen LogP contribution in [-0.2, 0) is 0 Å². The Hall–Kier alpha value is -0.790. The summed E-state index contributed by atoms with van der Waals surface area (Å²) in [7, 11) is 0. The minimum Gasteiger partial charge on any atom is -0.306 e. The van der Waals surface area contributed by atoms with Gasteiger partial charge in [0.05, 0.1) is 6.54 Å². The average molecular weight is 236 g/mol. The number of hydrogen-bond acceptors (Lipinski definition) is 2. The highest BCUT2D eigenvalue weighted by molar-refractivity contribution is 5.87. The third-order valence-corrected chi connectivity index (χ3v) is 3.25. The summed E-state index contributed by atoms with van der Waals surface area (Å²) in [5.41, 5.74) is 4.82. The fraction of sp³-hybridized carbons (Fsp3) is 0.800. The highest BCUT2D eigenvalue weighted by Crippen LogP contribution is 2.30. The molecule has 0 aromatic carbocycles. The smallest absolute Gasteiger partial charge is 0.0507 e. The second-order valence-corrected chi connectivity index (χ2v) is 6.33. The third-order valence-electron chi connectivity index (χ3n) is 3.25. The van der Waals surface area contributed by atoms with Crippen LogP contribution in [0.3, 0.4) is 0 Å². The van der Waals surface area contributed by atoms with Gasteiger partial charge in [-0.1, -0.05) is 46.1 Å². The molecule has 1 rings (SSSR count). The van der Waals surface area contributed by atoms with Gasteiger partial charge in [0.25, 0.3) is 0 Å². The lowest BCUT2D eigenvalue weighted by Gasteiger charge is -2.28. The van der Waals surface area contributed by atoms with Crippen LogP contribution < -0.4 is 5.43 Å². The highest BCUT2D eigenvalue weighted by atomic mass is 15.3. The van der Waals surface area contributed by atoms with E-state index in [1.165, 1.54) is 37.8 Å². The Morgan fingerprint density at radius 3 is 2.47 bits per heavy atom. The van der Waals surface area contributed by atoms with Crippen molar-refractivity contribution in [3.63, 3.8) is 0 Å². The predicted octanol–water partition coefficient (Wildman–Crippen LogP) is 4.13. The molecule has 0 heterocycles. The Morgan fingerprint density at radius 2 is 1.94 bits per heavy atom. The third kappa shape index (κ3) is 5.90. The van der Waals surface area contributed by atoms with Gasteiger partial charge >= 0.3 is 0 Å². The molecule has 0 amide bonds. The number of nitrogens with one attached hydrogen (secondary N) is 1. The summed E-state index contributed by atoms with van der Waals surface area (Å²) in [4.78, 5) is 0. The molecular weight excluding hydrogens is 208 g/mol. The van der Waals surface area contributed by atoms with E-state index in [1.807, 2.05) is 6.08 Å². The van der Waals surface area contributed by atoms with Crippen molar-refractivity contribution in [3.05, 3.63) is 12.7 Å². The molecule has 0 aliphatic heterocycles. The van der Waals surface area contributed by atoms with Crippen LogP contribution in [-0.4, -0.2) is 12.3 Å². The van der Waals surface area contributed by atoms with Crippen LogP contribution >= 0.6 is 0 Å². The molecule has 1 saturated carbocycles. The normalized spacial score (nSPS) is 19.1. The molecule has 2 heteroatoms. The second-order valence-electron chi connectivity index (χ2n) is 6.33. The fourth-order valence-electron chi connectivity index (χ4n) is 2.47. The van der Waals surface area contributed by atoms with Gasteiger partial charge in [-0.05, 0) is 30.6 Å². The van der Waals surface area contributed by atoms with Crippen molar-refractivity contribution in [2.75, 3.05) is 6.54 Å². The standard InChI is InChI=1S/C15H28N2/c1-5-11-16-17-14(12-15(2,3)4)13-9-7-6-8-10-13/h5,13,16H,1,6-12H2,2-4H3/b17-14+. The summed E-state index contributed by atoms with van der Waals surface area (Å²) in [6.07, 6.45) is 9.75. The van der Waals surface area contributed by atoms with Crippen molar-refractivity contribution in [1.29, 1.82) is 0 Å². The van der Waals surface area contributed by atoms with Crippen LogP contribution in [0.15, 0.2) is 17.8 Å². The molecule has 0 unspecified atom stereocenters. The quantitative estimate of drug-likeness (QED) is 0.330. The highest BCUT2D eigenvalue weighted by Gasteiger charge is 2.23. The van der Waals surface area contributed by atoms with E-state index in [0.717, 1.165) is 13.0 Å². The molecule has 0 saturated heterocycles. The van der Waals surface area contributed by atoms with E-state index >= 15 is 0 Å². The molecule has 17 heavy (non-hydrogen) atoms. The first kappa shape index (κ1) is 14.3. The molecule has 0 aromatic rings. The van der Waals surface area contributed by atoms with Crippen LogP contribution in [0.5, 0.6) is 0 Å². The molecule has 0 bridgehead atoms. The van der Waals surface area contributed by atoms with E-state index in [4.69, 9.17) is 0 Å². The Bertz CT molecular complexity index is 255. The summed E-state index contributed by atoms with van der Waals surface area (Å²) in [6.45, 7) is 11.3. The Balaban J connectivity index is 2.62. The van der Waals surface area contributed by atoms with E-state index in [1.54, 1.807) is 0 Å². The van der Waals surface area contributed by atoms with Gasteiger partial charge < -0.3 is 5.43 Å². The van der Waals surface area contributed by atoms with E-state index in [-0.39, 0.29) is 0 Å². The largest absolute Gasteiger partial charge is 0.306 e. The first-order chi connectivity index (χ1) is 8.03. The van der Waals surface area contributed by atoms with Crippen LogP contribution in [0.2, 0.25) is 0 Å². The lowest BCUT2D eigenvalue weighted by molar-refractivity contribution is 0.392. The van der Waals surface area contributed by atoms with Crippen LogP contribution in [0, 0.1) is 11.3 Å². The lowest BCUT2D eigenvalue weighted by atomic mass is 9.79. The zero-order valence-electron chi connectivity index (χ0n) is 11.8. The van der Waals surface area contributed by atoms with Crippen molar-refractivity contribution >= 4 is 5.71 Å². The van der Waals surface area contributed by atoms with Gasteiger partial charge in [-0.15, -0.1) is 6.58 Å². The zero-order valence-corrected chi connectivity index (χ0v) is 11.8. The first-order valence-electron chi connectivity index (χ1n) is 6.93. The summed E-state index contributed by atoms with van der Waals surface area (Å²) >= 11 is 0. The van der Waals surface area contributed by atoms with Gasteiger partial charge in [0, 0.05) is 5.71 Å². The van der Waals surface area contributed by atoms with Gasteiger partial charge in [-0.25, -0.2) is 0 Å². The first-order valence-corrected chi connectivity index (χ1v) is 6.93. The predicted molar refractivity (Wildman–Crippen MR) is 76.3 cm³/mol. The molecule has 0 atom stereocenters. The average Bonchev–Trinajstić information content (AvgIpc) is 2.28. The summed E-state index contributed by atoms with van der Waals surface area (Å²) in [6, 6.07) is 0. The van der Waals surface area contributed by atoms with Crippen molar-refractivity contribution in [1.82, 2.24) is 5.43 Å². The van der Waals surface area contributed by atoms with Gasteiger partial charge in [0.15, 0.2) is 0 Å². The fourth-order valence-corrected chi connectivity index (χ4v) is 2.47. The number of nitrogens with zero attached hydrogens (tertiary/aromatic N) is 1. The molecule has 98 valence electrons. The SMILES string of the molecule is C=CCN/N=C(\CC(C)(C)C)C1CCCCC1. The van der Waals surface area contributed by atoms with Crippen molar-refractivity contribution < 1.29 is 0 Å². The molecule has 0 radical (unpaired) electrons. The Labute approximate surface area is 107 Å². The summed E-state index contributed by atoms with van der Waals surface area (Å²) in [5, 5.41) is 4.62. The van der Waals surface area contributed by atoms with E-state index in [0.29, 0.717) is 11.3 Å². The molecule has 1 aliphatic carbocycles. The summed E-state index contributed by atoms with van der Waals surface area (Å²) < 4.78 is 0. The second kappa shape index (κ2) is 6.83. The topological polar surface area (TPSA) is 24.4 Å². The molecular formula is C15H28N2. The lowest BCUT2D eigenvalue weighted by Crippen LogP contribution is -2.25. The van der Waals surface area contributed by atoms with Gasteiger partial charge in [-0.3, -0.25) is 0 Å². The van der Waals surface area contributed by atoms with Gasteiger partial charge in [0.1, 0.15) is 0 Å². The molecule has 0 aromatic heterocycles. The minimum atomic E-state index is 0.326.